The van der Waals surface area contributed by atoms with Crippen LogP contribution in [-0.2, 0) is 7.05 Å². The summed E-state index contributed by atoms with van der Waals surface area (Å²) in [7, 11) is 3.60. The quantitative estimate of drug-likeness (QED) is 0.921. The highest BCUT2D eigenvalue weighted by Gasteiger charge is 2.20. The van der Waals surface area contributed by atoms with Crippen molar-refractivity contribution in [3.8, 4) is 5.75 Å². The first kappa shape index (κ1) is 13.6. The Balaban J connectivity index is 2.55. The molecule has 0 saturated carbocycles. The Morgan fingerprint density at radius 3 is 2.47 bits per heavy atom. The van der Waals surface area contributed by atoms with Crippen LogP contribution in [0.4, 0.5) is 0 Å². The van der Waals surface area contributed by atoms with E-state index in [1.54, 1.807) is 7.11 Å². The second kappa shape index (κ2) is 5.05. The molecule has 2 rings (SSSR count). The molecule has 2 N–H and O–H groups in total. The number of benzene rings is 1. The van der Waals surface area contributed by atoms with E-state index < -0.39 is 0 Å². The molecule has 0 spiro atoms. The molecule has 4 nitrogen and oxygen atoms in total. The van der Waals surface area contributed by atoms with Gasteiger partial charge < -0.3 is 10.5 Å². The molecule has 0 fully saturated rings. The number of rotatable bonds is 3. The number of aryl methyl sites for hydroxylation is 3. The molecule has 0 saturated heterocycles. The predicted octanol–water partition coefficient (Wildman–Crippen LogP) is 2.40. The SMILES string of the molecule is COc1cc(C)cc(C)c1C(N)c1cnn(C)c1C. The molecule has 0 radical (unpaired) electrons. The Hall–Kier alpha value is -1.81. The third kappa shape index (κ3) is 2.36. The van der Waals surface area contributed by atoms with Crippen LogP contribution in [-0.4, -0.2) is 16.9 Å². The first-order valence-corrected chi connectivity index (χ1v) is 6.35. The van der Waals surface area contributed by atoms with Crippen LogP contribution in [0.25, 0.3) is 0 Å². The fraction of sp³-hybridized carbons (Fsp3) is 0.400. The van der Waals surface area contributed by atoms with E-state index in [4.69, 9.17) is 10.5 Å². The molecule has 1 aromatic heterocycles. The Labute approximate surface area is 114 Å². The van der Waals surface area contributed by atoms with Crippen molar-refractivity contribution < 1.29 is 4.74 Å². The molecule has 1 unspecified atom stereocenters. The van der Waals surface area contributed by atoms with Crippen LogP contribution in [0.1, 0.15) is 34.0 Å². The molecule has 0 amide bonds. The van der Waals surface area contributed by atoms with Gasteiger partial charge in [-0.1, -0.05) is 6.07 Å². The zero-order chi connectivity index (χ0) is 14.2. The molecule has 0 bridgehead atoms. The van der Waals surface area contributed by atoms with Gasteiger partial charge in [-0.3, -0.25) is 4.68 Å². The lowest BCUT2D eigenvalue weighted by Crippen LogP contribution is -2.15. The van der Waals surface area contributed by atoms with Crippen molar-refractivity contribution in [1.82, 2.24) is 9.78 Å². The van der Waals surface area contributed by atoms with E-state index in [0.29, 0.717) is 0 Å². The van der Waals surface area contributed by atoms with Gasteiger partial charge in [0, 0.05) is 23.9 Å². The van der Waals surface area contributed by atoms with Gasteiger partial charge in [0.05, 0.1) is 19.3 Å². The summed E-state index contributed by atoms with van der Waals surface area (Å²) in [5, 5.41) is 4.26. The summed E-state index contributed by atoms with van der Waals surface area (Å²) in [5.41, 5.74) is 11.9. The fourth-order valence-corrected chi connectivity index (χ4v) is 2.48. The molecule has 1 atom stereocenters. The Kier molecular flexibility index (Phi) is 3.62. The van der Waals surface area contributed by atoms with Gasteiger partial charge in [-0.25, -0.2) is 0 Å². The number of ether oxygens (including phenoxy) is 1. The maximum Gasteiger partial charge on any atom is 0.124 e. The van der Waals surface area contributed by atoms with E-state index in [9.17, 15) is 0 Å². The van der Waals surface area contributed by atoms with Crippen molar-refractivity contribution in [2.75, 3.05) is 7.11 Å². The highest BCUT2D eigenvalue weighted by molar-refractivity contribution is 5.48. The van der Waals surface area contributed by atoms with Crippen LogP contribution in [0.2, 0.25) is 0 Å². The predicted molar refractivity (Wildman–Crippen MR) is 76.4 cm³/mol. The second-order valence-corrected chi connectivity index (χ2v) is 4.98. The molecule has 0 aliphatic carbocycles. The van der Waals surface area contributed by atoms with Gasteiger partial charge >= 0.3 is 0 Å². The number of nitrogens with zero attached hydrogens (tertiary/aromatic N) is 2. The summed E-state index contributed by atoms with van der Waals surface area (Å²) in [6.45, 7) is 6.15. The Bertz CT molecular complexity index is 602. The third-order valence-corrected chi connectivity index (χ3v) is 3.63. The molecule has 102 valence electrons. The average Bonchev–Trinajstić information content (AvgIpc) is 2.68. The lowest BCUT2D eigenvalue weighted by molar-refractivity contribution is 0.407. The Morgan fingerprint density at radius 2 is 1.95 bits per heavy atom. The van der Waals surface area contributed by atoms with Crippen molar-refractivity contribution in [2.45, 2.75) is 26.8 Å². The van der Waals surface area contributed by atoms with Crippen LogP contribution in [0, 0.1) is 20.8 Å². The summed E-state index contributed by atoms with van der Waals surface area (Å²) >= 11 is 0. The summed E-state index contributed by atoms with van der Waals surface area (Å²) in [6, 6.07) is 3.93. The summed E-state index contributed by atoms with van der Waals surface area (Å²) in [4.78, 5) is 0. The lowest BCUT2D eigenvalue weighted by Gasteiger charge is -2.19. The minimum absolute atomic E-state index is 0.218. The summed E-state index contributed by atoms with van der Waals surface area (Å²) < 4.78 is 7.33. The zero-order valence-electron chi connectivity index (χ0n) is 12.2. The standard InChI is InChI=1S/C15H21N3O/c1-9-6-10(2)14(13(7-9)19-5)15(16)12-8-17-18(4)11(12)3/h6-8,15H,16H2,1-5H3. The van der Waals surface area contributed by atoms with E-state index >= 15 is 0 Å². The molecular weight excluding hydrogens is 238 g/mol. The molecule has 2 aromatic rings. The van der Waals surface area contributed by atoms with E-state index in [-0.39, 0.29) is 6.04 Å². The van der Waals surface area contributed by atoms with Crippen LogP contribution in [0.5, 0.6) is 5.75 Å². The van der Waals surface area contributed by atoms with Crippen molar-refractivity contribution in [3.63, 3.8) is 0 Å². The maximum atomic E-state index is 6.42. The molecule has 19 heavy (non-hydrogen) atoms. The molecular formula is C15H21N3O. The minimum Gasteiger partial charge on any atom is -0.496 e. The van der Waals surface area contributed by atoms with Gasteiger partial charge in [-0.2, -0.15) is 5.10 Å². The second-order valence-electron chi connectivity index (χ2n) is 4.98. The van der Waals surface area contributed by atoms with E-state index in [2.05, 4.69) is 25.0 Å². The maximum absolute atomic E-state index is 6.42. The molecule has 0 aliphatic heterocycles. The van der Waals surface area contributed by atoms with Gasteiger partial charge in [0.2, 0.25) is 0 Å². The first-order valence-electron chi connectivity index (χ1n) is 6.35. The normalized spacial score (nSPS) is 12.5. The summed E-state index contributed by atoms with van der Waals surface area (Å²) in [5.74, 6) is 0.841. The van der Waals surface area contributed by atoms with E-state index in [1.165, 1.54) is 5.56 Å². The number of hydrogen-bond acceptors (Lipinski definition) is 3. The van der Waals surface area contributed by atoms with Crippen LogP contribution in [0.3, 0.4) is 0 Å². The van der Waals surface area contributed by atoms with Gasteiger partial charge in [-0.15, -0.1) is 0 Å². The average molecular weight is 259 g/mol. The largest absolute Gasteiger partial charge is 0.496 e. The molecule has 1 aromatic carbocycles. The van der Waals surface area contributed by atoms with Gasteiger partial charge in [0.1, 0.15) is 5.75 Å². The number of methoxy groups -OCH3 is 1. The summed E-state index contributed by atoms with van der Waals surface area (Å²) in [6.07, 6.45) is 1.83. The smallest absolute Gasteiger partial charge is 0.124 e. The van der Waals surface area contributed by atoms with Crippen molar-refractivity contribution in [1.29, 1.82) is 0 Å². The van der Waals surface area contributed by atoms with Crippen LogP contribution >= 0.6 is 0 Å². The van der Waals surface area contributed by atoms with Crippen molar-refractivity contribution >= 4 is 0 Å². The van der Waals surface area contributed by atoms with Gasteiger partial charge in [-0.05, 0) is 38.0 Å². The monoisotopic (exact) mass is 259 g/mol. The van der Waals surface area contributed by atoms with Gasteiger partial charge in [0.25, 0.3) is 0 Å². The molecule has 0 aliphatic rings. The van der Waals surface area contributed by atoms with Crippen LogP contribution in [0.15, 0.2) is 18.3 Å². The zero-order valence-corrected chi connectivity index (χ0v) is 12.2. The third-order valence-electron chi connectivity index (χ3n) is 3.63. The minimum atomic E-state index is -0.218. The first-order chi connectivity index (χ1) is 8.95. The van der Waals surface area contributed by atoms with Crippen LogP contribution < -0.4 is 10.5 Å². The van der Waals surface area contributed by atoms with E-state index in [0.717, 1.165) is 28.1 Å². The number of nitrogens with two attached hydrogens (primary N) is 1. The number of hydrogen-bond donors (Lipinski definition) is 1. The highest BCUT2D eigenvalue weighted by Crippen LogP contribution is 2.33. The molecule has 1 heterocycles. The van der Waals surface area contributed by atoms with Gasteiger partial charge in [0.15, 0.2) is 0 Å². The van der Waals surface area contributed by atoms with E-state index in [1.807, 2.05) is 30.9 Å². The van der Waals surface area contributed by atoms with Crippen molar-refractivity contribution in [2.24, 2.45) is 12.8 Å². The number of aromatic nitrogens is 2. The molecule has 4 heteroatoms. The van der Waals surface area contributed by atoms with Crippen molar-refractivity contribution in [3.05, 3.63) is 46.3 Å². The highest BCUT2D eigenvalue weighted by atomic mass is 16.5. The topological polar surface area (TPSA) is 53.1 Å². The lowest BCUT2D eigenvalue weighted by atomic mass is 9.94. The Morgan fingerprint density at radius 1 is 1.26 bits per heavy atom. The fourth-order valence-electron chi connectivity index (χ4n) is 2.48.